The Hall–Kier alpha value is -1.89. The maximum atomic E-state index is 12.9. The summed E-state index contributed by atoms with van der Waals surface area (Å²) in [6.45, 7) is 1.86. The number of aromatic nitrogens is 1. The number of alkyl halides is 3. The second-order valence-electron chi connectivity index (χ2n) is 4.27. The second-order valence-corrected chi connectivity index (χ2v) is 4.27. The molecule has 108 valence electrons. The van der Waals surface area contributed by atoms with E-state index in [4.69, 9.17) is 4.42 Å². The molecule has 0 fully saturated rings. The predicted molar refractivity (Wildman–Crippen MR) is 63.2 cm³/mol. The first kappa shape index (κ1) is 14.5. The largest absolute Gasteiger partial charge is 0.445 e. The van der Waals surface area contributed by atoms with Crippen LogP contribution in [0.15, 0.2) is 28.8 Å². The third kappa shape index (κ3) is 3.57. The van der Waals surface area contributed by atoms with Crippen LogP contribution in [0.2, 0.25) is 0 Å². The van der Waals surface area contributed by atoms with E-state index in [0.717, 1.165) is 12.1 Å². The first-order chi connectivity index (χ1) is 9.36. The molecule has 3 nitrogen and oxygen atoms in total. The smallest absolute Gasteiger partial charge is 0.416 e. The first-order valence-electron chi connectivity index (χ1n) is 5.84. The van der Waals surface area contributed by atoms with Crippen molar-refractivity contribution in [3.05, 3.63) is 53.0 Å². The van der Waals surface area contributed by atoms with E-state index in [9.17, 15) is 17.6 Å². The molecule has 0 unspecified atom stereocenters. The number of rotatable bonds is 4. The summed E-state index contributed by atoms with van der Waals surface area (Å²) in [6, 6.07) is 2.61. The third-order valence-electron chi connectivity index (χ3n) is 2.64. The number of nitrogens with one attached hydrogen (secondary N) is 1. The van der Waals surface area contributed by atoms with Crippen LogP contribution in [0, 0.1) is 12.7 Å². The molecule has 1 N–H and O–H groups in total. The molecule has 1 heterocycles. The number of hydrogen-bond acceptors (Lipinski definition) is 3. The molecule has 0 saturated heterocycles. The summed E-state index contributed by atoms with van der Waals surface area (Å²) in [5, 5.41) is 2.78. The predicted octanol–water partition coefficient (Wildman–Crippen LogP) is 3.43. The van der Waals surface area contributed by atoms with Gasteiger partial charge in [0.2, 0.25) is 5.89 Å². The molecule has 1 aromatic heterocycles. The highest BCUT2D eigenvalue weighted by atomic mass is 19.4. The van der Waals surface area contributed by atoms with E-state index in [1.807, 2.05) is 0 Å². The summed E-state index contributed by atoms with van der Waals surface area (Å²) in [7, 11) is 0. The SMILES string of the molecule is Cc1cnc(CNCc2ccc(F)cc2C(F)(F)F)o1. The molecule has 1 aromatic carbocycles. The minimum atomic E-state index is -4.58. The van der Waals surface area contributed by atoms with Gasteiger partial charge in [0.1, 0.15) is 11.6 Å². The van der Waals surface area contributed by atoms with Crippen LogP contribution < -0.4 is 5.32 Å². The van der Waals surface area contributed by atoms with E-state index in [0.29, 0.717) is 17.7 Å². The maximum Gasteiger partial charge on any atom is 0.416 e. The van der Waals surface area contributed by atoms with Crippen molar-refractivity contribution in [1.29, 1.82) is 0 Å². The van der Waals surface area contributed by atoms with E-state index < -0.39 is 17.6 Å². The van der Waals surface area contributed by atoms with Gasteiger partial charge in [-0.25, -0.2) is 9.37 Å². The average Bonchev–Trinajstić information content (AvgIpc) is 2.76. The van der Waals surface area contributed by atoms with Gasteiger partial charge in [-0.1, -0.05) is 6.07 Å². The summed E-state index contributed by atoms with van der Waals surface area (Å²) in [4.78, 5) is 3.92. The number of halogens is 4. The van der Waals surface area contributed by atoms with E-state index in [2.05, 4.69) is 10.3 Å². The summed E-state index contributed by atoms with van der Waals surface area (Å²) < 4.78 is 56.4. The van der Waals surface area contributed by atoms with Crippen LogP contribution in [-0.4, -0.2) is 4.98 Å². The van der Waals surface area contributed by atoms with E-state index >= 15 is 0 Å². The Morgan fingerprint density at radius 2 is 2.00 bits per heavy atom. The number of benzene rings is 1. The van der Waals surface area contributed by atoms with Gasteiger partial charge < -0.3 is 9.73 Å². The molecule has 2 rings (SSSR count). The Morgan fingerprint density at radius 1 is 1.25 bits per heavy atom. The van der Waals surface area contributed by atoms with Crippen molar-refractivity contribution >= 4 is 0 Å². The monoisotopic (exact) mass is 288 g/mol. The van der Waals surface area contributed by atoms with Gasteiger partial charge in [-0.05, 0) is 24.6 Å². The summed E-state index contributed by atoms with van der Waals surface area (Å²) in [5.74, 6) is 0.0992. The van der Waals surface area contributed by atoms with Crippen molar-refractivity contribution in [2.75, 3.05) is 0 Å². The van der Waals surface area contributed by atoms with Gasteiger partial charge in [-0.15, -0.1) is 0 Å². The lowest BCUT2D eigenvalue weighted by Crippen LogP contribution is -2.17. The van der Waals surface area contributed by atoms with Crippen LogP contribution in [0.25, 0.3) is 0 Å². The highest BCUT2D eigenvalue weighted by Crippen LogP contribution is 2.32. The lowest BCUT2D eigenvalue weighted by Gasteiger charge is -2.13. The minimum absolute atomic E-state index is 0.0258. The lowest BCUT2D eigenvalue weighted by atomic mass is 10.1. The molecule has 0 amide bonds. The van der Waals surface area contributed by atoms with Crippen molar-refractivity contribution in [2.45, 2.75) is 26.2 Å². The van der Waals surface area contributed by atoms with Crippen molar-refractivity contribution in [3.8, 4) is 0 Å². The van der Waals surface area contributed by atoms with Crippen LogP contribution in [0.1, 0.15) is 22.8 Å². The fraction of sp³-hybridized carbons (Fsp3) is 0.308. The van der Waals surface area contributed by atoms with Crippen molar-refractivity contribution in [1.82, 2.24) is 10.3 Å². The summed E-state index contributed by atoms with van der Waals surface area (Å²) >= 11 is 0. The zero-order valence-corrected chi connectivity index (χ0v) is 10.6. The molecule has 0 aliphatic rings. The Kier molecular flexibility index (Phi) is 4.08. The Morgan fingerprint density at radius 3 is 2.60 bits per heavy atom. The average molecular weight is 288 g/mol. The second kappa shape index (κ2) is 5.62. The number of hydrogen-bond donors (Lipinski definition) is 1. The van der Waals surface area contributed by atoms with Crippen LogP contribution in [0.4, 0.5) is 17.6 Å². The first-order valence-corrected chi connectivity index (χ1v) is 5.84. The molecule has 0 saturated carbocycles. The maximum absolute atomic E-state index is 12.9. The van der Waals surface area contributed by atoms with Crippen LogP contribution in [-0.2, 0) is 19.3 Å². The lowest BCUT2D eigenvalue weighted by molar-refractivity contribution is -0.138. The van der Waals surface area contributed by atoms with Gasteiger partial charge >= 0.3 is 6.18 Å². The van der Waals surface area contributed by atoms with Gasteiger partial charge in [0.15, 0.2) is 0 Å². The molecule has 2 aromatic rings. The fourth-order valence-electron chi connectivity index (χ4n) is 1.75. The van der Waals surface area contributed by atoms with Gasteiger partial charge in [-0.3, -0.25) is 0 Å². The van der Waals surface area contributed by atoms with Gasteiger partial charge in [0.25, 0.3) is 0 Å². The van der Waals surface area contributed by atoms with Gasteiger partial charge in [0, 0.05) is 6.54 Å². The summed E-state index contributed by atoms with van der Waals surface area (Å²) in [6.07, 6.45) is -3.06. The van der Waals surface area contributed by atoms with Crippen molar-refractivity contribution < 1.29 is 22.0 Å². The normalized spacial score (nSPS) is 11.8. The van der Waals surface area contributed by atoms with Crippen molar-refractivity contribution in [2.24, 2.45) is 0 Å². The Balaban J connectivity index is 2.06. The number of oxazole rings is 1. The zero-order chi connectivity index (χ0) is 14.8. The number of aryl methyl sites for hydroxylation is 1. The van der Waals surface area contributed by atoms with Crippen LogP contribution in [0.5, 0.6) is 0 Å². The standard InChI is InChI=1S/C13H12F4N2O/c1-8-5-19-12(20-8)7-18-6-9-2-3-10(14)4-11(9)13(15,16)17/h2-5,18H,6-7H2,1H3. The van der Waals surface area contributed by atoms with Gasteiger partial charge in [0.05, 0.1) is 18.3 Å². The van der Waals surface area contributed by atoms with E-state index in [1.165, 1.54) is 6.20 Å². The van der Waals surface area contributed by atoms with Crippen molar-refractivity contribution in [3.63, 3.8) is 0 Å². The zero-order valence-electron chi connectivity index (χ0n) is 10.6. The van der Waals surface area contributed by atoms with Crippen LogP contribution >= 0.6 is 0 Å². The molecule has 0 radical (unpaired) electrons. The number of nitrogens with zero attached hydrogens (tertiary/aromatic N) is 1. The molecule has 0 bridgehead atoms. The van der Waals surface area contributed by atoms with E-state index in [1.54, 1.807) is 6.92 Å². The summed E-state index contributed by atoms with van der Waals surface area (Å²) in [5.41, 5.74) is -1.00. The molecule has 20 heavy (non-hydrogen) atoms. The molecule has 0 aliphatic heterocycles. The quantitative estimate of drug-likeness (QED) is 0.876. The highest BCUT2D eigenvalue weighted by Gasteiger charge is 2.33. The highest BCUT2D eigenvalue weighted by molar-refractivity contribution is 5.30. The molecule has 0 atom stereocenters. The van der Waals surface area contributed by atoms with Gasteiger partial charge in [-0.2, -0.15) is 13.2 Å². The Bertz CT molecular complexity index is 592. The van der Waals surface area contributed by atoms with E-state index in [-0.39, 0.29) is 18.7 Å². The third-order valence-corrected chi connectivity index (χ3v) is 2.64. The molecular weight excluding hydrogens is 276 g/mol. The topological polar surface area (TPSA) is 38.1 Å². The Labute approximate surface area is 112 Å². The molecular formula is C13H12F4N2O. The molecule has 0 spiro atoms. The molecule has 0 aliphatic carbocycles. The molecule has 7 heteroatoms. The van der Waals surface area contributed by atoms with Crippen LogP contribution in [0.3, 0.4) is 0 Å². The minimum Gasteiger partial charge on any atom is -0.445 e. The fourth-order valence-corrected chi connectivity index (χ4v) is 1.75.